The molecule has 0 spiro atoms. The minimum absolute atomic E-state index is 0.125. The quantitative estimate of drug-likeness (QED) is 0.805. The summed E-state index contributed by atoms with van der Waals surface area (Å²) in [5.41, 5.74) is 7.90. The average Bonchev–Trinajstić information content (AvgIpc) is 2.78. The Hall–Kier alpha value is -0.860. The number of hydrogen-bond acceptors (Lipinski definition) is 2. The molecule has 2 nitrogen and oxygen atoms in total. The molecule has 2 aliphatic rings. The zero-order chi connectivity index (χ0) is 14.9. The topological polar surface area (TPSA) is 46.2 Å². The van der Waals surface area contributed by atoms with Crippen LogP contribution in [-0.4, -0.2) is 11.7 Å². The van der Waals surface area contributed by atoms with Gasteiger partial charge in [-0.2, -0.15) is 0 Å². The van der Waals surface area contributed by atoms with E-state index in [-0.39, 0.29) is 5.41 Å². The maximum atomic E-state index is 11.8. The summed E-state index contributed by atoms with van der Waals surface area (Å²) in [4.78, 5) is 0. The monoisotopic (exact) mass is 287 g/mol. The molecule has 116 valence electrons. The highest BCUT2D eigenvalue weighted by Gasteiger charge is 2.52. The summed E-state index contributed by atoms with van der Waals surface area (Å²) in [6, 6.07) is 8.52. The molecule has 2 atom stereocenters. The fourth-order valence-corrected chi connectivity index (χ4v) is 4.76. The maximum absolute atomic E-state index is 11.8. The summed E-state index contributed by atoms with van der Waals surface area (Å²) in [5, 5.41) is 11.8. The smallest absolute Gasteiger partial charge is 0.0967 e. The van der Waals surface area contributed by atoms with Gasteiger partial charge in [0.1, 0.15) is 0 Å². The van der Waals surface area contributed by atoms with Gasteiger partial charge in [0.15, 0.2) is 0 Å². The highest BCUT2D eigenvalue weighted by molar-refractivity contribution is 5.39. The van der Waals surface area contributed by atoms with Crippen molar-refractivity contribution in [2.45, 2.75) is 69.8 Å². The summed E-state index contributed by atoms with van der Waals surface area (Å²) in [7, 11) is 0. The first-order valence-corrected chi connectivity index (χ1v) is 8.65. The molecule has 0 heterocycles. The van der Waals surface area contributed by atoms with E-state index in [1.807, 2.05) is 0 Å². The van der Waals surface area contributed by atoms with E-state index in [4.69, 9.17) is 5.73 Å². The van der Waals surface area contributed by atoms with Crippen LogP contribution in [0.4, 0.5) is 0 Å². The molecule has 1 aromatic rings. The Kier molecular flexibility index (Phi) is 4.11. The Morgan fingerprint density at radius 1 is 1.10 bits per heavy atom. The van der Waals surface area contributed by atoms with Gasteiger partial charge in [0.2, 0.25) is 0 Å². The van der Waals surface area contributed by atoms with Gasteiger partial charge in [0, 0.05) is 12.0 Å². The number of benzene rings is 1. The van der Waals surface area contributed by atoms with Crippen LogP contribution in [0.3, 0.4) is 0 Å². The SMILES string of the molecule is CC1CCC(O)(C2(CN)CCCCCC2)c2ccccc21. The van der Waals surface area contributed by atoms with Crippen molar-refractivity contribution in [2.24, 2.45) is 11.1 Å². The molecule has 0 aromatic heterocycles. The summed E-state index contributed by atoms with van der Waals surface area (Å²) in [6.07, 6.45) is 9.06. The molecule has 0 amide bonds. The van der Waals surface area contributed by atoms with Gasteiger partial charge in [0.05, 0.1) is 5.60 Å². The van der Waals surface area contributed by atoms with Crippen LogP contribution in [0.1, 0.15) is 75.3 Å². The zero-order valence-corrected chi connectivity index (χ0v) is 13.3. The van der Waals surface area contributed by atoms with E-state index < -0.39 is 5.60 Å². The minimum atomic E-state index is -0.727. The molecule has 0 saturated heterocycles. The Morgan fingerprint density at radius 3 is 2.43 bits per heavy atom. The molecular weight excluding hydrogens is 258 g/mol. The Morgan fingerprint density at radius 2 is 1.76 bits per heavy atom. The third-order valence-electron chi connectivity index (χ3n) is 6.21. The molecule has 0 bridgehead atoms. The molecular formula is C19H29NO. The molecule has 0 aliphatic heterocycles. The van der Waals surface area contributed by atoms with Crippen molar-refractivity contribution >= 4 is 0 Å². The number of aliphatic hydroxyl groups is 1. The van der Waals surface area contributed by atoms with Gasteiger partial charge in [-0.15, -0.1) is 0 Å². The fraction of sp³-hybridized carbons (Fsp3) is 0.684. The molecule has 3 rings (SSSR count). The average molecular weight is 287 g/mol. The molecule has 21 heavy (non-hydrogen) atoms. The number of rotatable bonds is 2. The number of fused-ring (bicyclic) bond motifs is 1. The van der Waals surface area contributed by atoms with Gasteiger partial charge in [-0.25, -0.2) is 0 Å². The first-order valence-electron chi connectivity index (χ1n) is 8.65. The van der Waals surface area contributed by atoms with E-state index in [2.05, 4.69) is 31.2 Å². The lowest BCUT2D eigenvalue weighted by Gasteiger charge is -2.51. The lowest BCUT2D eigenvalue weighted by molar-refractivity contribution is -0.110. The summed E-state index contributed by atoms with van der Waals surface area (Å²) in [6.45, 7) is 2.88. The largest absolute Gasteiger partial charge is 0.385 e. The number of nitrogens with two attached hydrogens (primary N) is 1. The predicted molar refractivity (Wildman–Crippen MR) is 87.2 cm³/mol. The van der Waals surface area contributed by atoms with Gasteiger partial charge in [-0.3, -0.25) is 0 Å². The van der Waals surface area contributed by atoms with Crippen LogP contribution < -0.4 is 5.73 Å². The number of hydrogen-bond donors (Lipinski definition) is 2. The van der Waals surface area contributed by atoms with Crippen LogP contribution >= 0.6 is 0 Å². The van der Waals surface area contributed by atoms with Crippen LogP contribution in [0.15, 0.2) is 24.3 Å². The first-order chi connectivity index (χ1) is 10.1. The molecule has 1 aromatic carbocycles. The van der Waals surface area contributed by atoms with Gasteiger partial charge >= 0.3 is 0 Å². The van der Waals surface area contributed by atoms with Crippen LogP contribution in [0.2, 0.25) is 0 Å². The van der Waals surface area contributed by atoms with E-state index in [1.165, 1.54) is 31.2 Å². The van der Waals surface area contributed by atoms with Crippen molar-refractivity contribution in [3.8, 4) is 0 Å². The van der Waals surface area contributed by atoms with Crippen molar-refractivity contribution in [1.82, 2.24) is 0 Å². The van der Waals surface area contributed by atoms with Crippen LogP contribution in [0, 0.1) is 5.41 Å². The van der Waals surface area contributed by atoms with Crippen molar-refractivity contribution in [3.63, 3.8) is 0 Å². The van der Waals surface area contributed by atoms with E-state index in [1.54, 1.807) is 0 Å². The second-order valence-electron chi connectivity index (χ2n) is 7.29. The second-order valence-corrected chi connectivity index (χ2v) is 7.29. The Balaban J connectivity index is 2.08. The fourth-order valence-electron chi connectivity index (χ4n) is 4.76. The van der Waals surface area contributed by atoms with E-state index in [0.717, 1.165) is 31.2 Å². The van der Waals surface area contributed by atoms with Gasteiger partial charge in [-0.1, -0.05) is 56.9 Å². The van der Waals surface area contributed by atoms with Crippen LogP contribution in [0.5, 0.6) is 0 Å². The van der Waals surface area contributed by atoms with Crippen LogP contribution in [-0.2, 0) is 5.60 Å². The predicted octanol–water partition coefficient (Wildman–Crippen LogP) is 4.07. The van der Waals surface area contributed by atoms with E-state index >= 15 is 0 Å². The Bertz CT molecular complexity index is 490. The molecule has 2 heteroatoms. The summed E-state index contributed by atoms with van der Waals surface area (Å²) >= 11 is 0. The highest BCUT2D eigenvalue weighted by Crippen LogP contribution is 2.55. The molecule has 1 fully saturated rings. The molecule has 0 radical (unpaired) electrons. The normalized spacial score (nSPS) is 32.2. The molecule has 2 aliphatic carbocycles. The van der Waals surface area contributed by atoms with Crippen molar-refractivity contribution in [3.05, 3.63) is 35.4 Å². The van der Waals surface area contributed by atoms with E-state index in [0.29, 0.717) is 12.5 Å². The van der Waals surface area contributed by atoms with Crippen molar-refractivity contribution < 1.29 is 5.11 Å². The van der Waals surface area contributed by atoms with Crippen LogP contribution in [0.25, 0.3) is 0 Å². The highest BCUT2D eigenvalue weighted by atomic mass is 16.3. The standard InChI is InChI=1S/C19H29NO/c1-15-10-13-19(21,17-9-5-4-8-16(15)17)18(14-20)11-6-2-3-7-12-18/h4-5,8-9,15,21H,2-3,6-7,10-14,20H2,1H3. The first kappa shape index (κ1) is 15.1. The second kappa shape index (κ2) is 5.73. The van der Waals surface area contributed by atoms with E-state index in [9.17, 15) is 5.11 Å². The summed E-state index contributed by atoms with van der Waals surface area (Å²) in [5.74, 6) is 0.544. The van der Waals surface area contributed by atoms with Crippen molar-refractivity contribution in [1.29, 1.82) is 0 Å². The van der Waals surface area contributed by atoms with Gasteiger partial charge in [0.25, 0.3) is 0 Å². The zero-order valence-electron chi connectivity index (χ0n) is 13.3. The third kappa shape index (κ3) is 2.33. The van der Waals surface area contributed by atoms with Gasteiger partial charge in [-0.05, 0) is 42.7 Å². The third-order valence-corrected chi connectivity index (χ3v) is 6.21. The molecule has 2 unspecified atom stereocenters. The Labute approximate surface area is 128 Å². The van der Waals surface area contributed by atoms with Gasteiger partial charge < -0.3 is 10.8 Å². The summed E-state index contributed by atoms with van der Waals surface area (Å²) < 4.78 is 0. The minimum Gasteiger partial charge on any atom is -0.385 e. The van der Waals surface area contributed by atoms with Crippen molar-refractivity contribution in [2.75, 3.05) is 6.54 Å². The maximum Gasteiger partial charge on any atom is 0.0967 e. The molecule has 3 N–H and O–H groups in total. The molecule has 1 saturated carbocycles. The lowest BCUT2D eigenvalue weighted by atomic mass is 9.58. The lowest BCUT2D eigenvalue weighted by Crippen LogP contribution is -2.52.